The van der Waals surface area contributed by atoms with E-state index in [1.165, 1.54) is 12.1 Å². The minimum absolute atomic E-state index is 0.0983. The Bertz CT molecular complexity index is 645. The first-order valence-corrected chi connectivity index (χ1v) is 6.51. The van der Waals surface area contributed by atoms with Gasteiger partial charge in [-0.25, -0.2) is 4.98 Å². The van der Waals surface area contributed by atoms with Crippen LogP contribution in [-0.2, 0) is 6.61 Å². The maximum Gasteiger partial charge on any atom is 0.573 e. The van der Waals surface area contributed by atoms with E-state index in [1.54, 1.807) is 38.2 Å². The zero-order valence-electron chi connectivity index (χ0n) is 12.1. The molecule has 1 aromatic heterocycles. The summed E-state index contributed by atoms with van der Waals surface area (Å²) < 4.78 is 47.0. The smallest absolute Gasteiger partial charge is 0.473 e. The first-order valence-electron chi connectivity index (χ1n) is 6.51. The maximum atomic E-state index is 12.5. The number of pyridine rings is 1. The molecule has 118 valence electrons. The van der Waals surface area contributed by atoms with E-state index in [9.17, 15) is 13.2 Å². The third-order valence-electron chi connectivity index (χ3n) is 2.86. The van der Waals surface area contributed by atoms with E-state index in [-0.39, 0.29) is 17.9 Å². The van der Waals surface area contributed by atoms with Gasteiger partial charge in [0.25, 0.3) is 0 Å². The molecule has 0 bridgehead atoms. The highest BCUT2D eigenvalue weighted by atomic mass is 19.4. The average molecular weight is 312 g/mol. The van der Waals surface area contributed by atoms with Gasteiger partial charge in [-0.05, 0) is 25.1 Å². The van der Waals surface area contributed by atoms with Crippen molar-refractivity contribution in [2.45, 2.75) is 19.9 Å². The highest BCUT2D eigenvalue weighted by Gasteiger charge is 2.32. The number of benzene rings is 1. The number of rotatable bonds is 5. The molecule has 0 atom stereocenters. The zero-order chi connectivity index (χ0) is 16.2. The number of aryl methyl sites for hydroxylation is 1. The lowest BCUT2D eigenvalue weighted by molar-refractivity contribution is -0.275. The van der Waals surface area contributed by atoms with Crippen LogP contribution >= 0.6 is 0 Å². The zero-order valence-corrected chi connectivity index (χ0v) is 12.1. The van der Waals surface area contributed by atoms with Crippen LogP contribution in [0, 0.1) is 6.92 Å². The van der Waals surface area contributed by atoms with Crippen LogP contribution in [0.3, 0.4) is 0 Å². The molecule has 0 saturated heterocycles. The van der Waals surface area contributed by atoms with Crippen molar-refractivity contribution in [3.05, 3.63) is 47.7 Å². The Kier molecular flexibility index (Phi) is 4.75. The predicted molar refractivity (Wildman–Crippen MR) is 76.0 cm³/mol. The monoisotopic (exact) mass is 312 g/mol. The summed E-state index contributed by atoms with van der Waals surface area (Å²) in [7, 11) is 1.61. The fourth-order valence-electron chi connectivity index (χ4n) is 1.91. The highest BCUT2D eigenvalue weighted by Crippen LogP contribution is 2.31. The molecule has 0 unspecified atom stereocenters. The number of nitrogens with one attached hydrogen (secondary N) is 1. The molecule has 4 nitrogen and oxygen atoms in total. The molecule has 22 heavy (non-hydrogen) atoms. The van der Waals surface area contributed by atoms with Crippen LogP contribution in [0.1, 0.15) is 11.3 Å². The summed E-state index contributed by atoms with van der Waals surface area (Å²) in [6, 6.07) is 9.56. The number of halogens is 3. The molecule has 1 heterocycles. The van der Waals surface area contributed by atoms with Gasteiger partial charge in [0.1, 0.15) is 12.4 Å². The van der Waals surface area contributed by atoms with Crippen LogP contribution in [0.15, 0.2) is 36.4 Å². The van der Waals surface area contributed by atoms with E-state index in [0.717, 1.165) is 5.69 Å². The Balaban J connectivity index is 2.24. The van der Waals surface area contributed by atoms with Crippen molar-refractivity contribution in [2.75, 3.05) is 12.4 Å². The first kappa shape index (κ1) is 15.9. The molecule has 2 aromatic rings. The van der Waals surface area contributed by atoms with Gasteiger partial charge < -0.3 is 14.8 Å². The van der Waals surface area contributed by atoms with Crippen molar-refractivity contribution in [1.82, 2.24) is 4.98 Å². The van der Waals surface area contributed by atoms with Gasteiger partial charge in [0.15, 0.2) is 0 Å². The normalized spacial score (nSPS) is 11.1. The van der Waals surface area contributed by atoms with Gasteiger partial charge in [0, 0.05) is 24.5 Å². The van der Waals surface area contributed by atoms with Crippen molar-refractivity contribution < 1.29 is 22.6 Å². The van der Waals surface area contributed by atoms with Crippen molar-refractivity contribution in [3.63, 3.8) is 0 Å². The highest BCUT2D eigenvalue weighted by molar-refractivity contribution is 5.57. The van der Waals surface area contributed by atoms with E-state index in [2.05, 4.69) is 15.0 Å². The van der Waals surface area contributed by atoms with Gasteiger partial charge in [0.2, 0.25) is 5.88 Å². The molecular formula is C15H15F3N2O2. The van der Waals surface area contributed by atoms with Crippen molar-refractivity contribution >= 4 is 5.69 Å². The number of aromatic nitrogens is 1. The lowest BCUT2D eigenvalue weighted by Crippen LogP contribution is -2.19. The Morgan fingerprint density at radius 1 is 1.14 bits per heavy atom. The summed E-state index contributed by atoms with van der Waals surface area (Å²) in [4.78, 5) is 4.14. The van der Waals surface area contributed by atoms with E-state index in [4.69, 9.17) is 4.74 Å². The molecule has 1 N–H and O–H groups in total. The number of alkyl halides is 3. The molecule has 0 aliphatic carbocycles. The molecule has 0 saturated carbocycles. The first-order chi connectivity index (χ1) is 10.4. The molecule has 0 aliphatic rings. The molecule has 0 spiro atoms. The summed E-state index contributed by atoms with van der Waals surface area (Å²) in [5, 5.41) is 2.82. The van der Waals surface area contributed by atoms with Crippen molar-refractivity contribution in [3.8, 4) is 11.6 Å². The third-order valence-corrected chi connectivity index (χ3v) is 2.86. The molecule has 7 heteroatoms. The minimum atomic E-state index is -4.76. The van der Waals surface area contributed by atoms with Gasteiger partial charge >= 0.3 is 6.36 Å². The van der Waals surface area contributed by atoms with Crippen molar-refractivity contribution in [1.29, 1.82) is 0 Å². The van der Waals surface area contributed by atoms with Gasteiger partial charge in [0.05, 0.1) is 5.56 Å². The van der Waals surface area contributed by atoms with Gasteiger partial charge in [-0.2, -0.15) is 0 Å². The Hall–Kier alpha value is -2.44. The molecule has 0 aliphatic heterocycles. The molecule has 0 amide bonds. The number of hydrogen-bond donors (Lipinski definition) is 1. The molecular weight excluding hydrogens is 297 g/mol. The lowest BCUT2D eigenvalue weighted by Gasteiger charge is -2.16. The molecule has 2 rings (SSSR count). The second-order valence-electron chi connectivity index (χ2n) is 4.49. The summed E-state index contributed by atoms with van der Waals surface area (Å²) in [5.41, 5.74) is 1.52. The minimum Gasteiger partial charge on any atom is -0.473 e. The topological polar surface area (TPSA) is 43.4 Å². The standard InChI is InChI=1S/C15H15F3N2O2/c1-10-5-3-8-14(20-10)21-9-11-12(19-2)6-4-7-13(11)22-15(16,17)18/h3-8,19H,9H2,1-2H3. The SMILES string of the molecule is CNc1cccc(OC(F)(F)F)c1COc1cccc(C)n1. The quantitative estimate of drug-likeness (QED) is 0.909. The summed E-state index contributed by atoms with van der Waals surface area (Å²) in [5.74, 6) is 0.0378. The van der Waals surface area contributed by atoms with E-state index >= 15 is 0 Å². The van der Waals surface area contributed by atoms with Crippen LogP contribution in [0.5, 0.6) is 11.6 Å². The predicted octanol–water partition coefficient (Wildman–Crippen LogP) is 3.91. The van der Waals surface area contributed by atoms with Gasteiger partial charge in [-0.1, -0.05) is 12.1 Å². The lowest BCUT2D eigenvalue weighted by atomic mass is 10.1. The second-order valence-corrected chi connectivity index (χ2v) is 4.49. The molecule has 1 aromatic carbocycles. The number of nitrogens with zero attached hydrogens (tertiary/aromatic N) is 1. The Morgan fingerprint density at radius 3 is 2.50 bits per heavy atom. The van der Waals surface area contributed by atoms with Gasteiger partial charge in [-0.15, -0.1) is 13.2 Å². The van der Waals surface area contributed by atoms with Crippen LogP contribution in [0.4, 0.5) is 18.9 Å². The number of hydrogen-bond acceptors (Lipinski definition) is 4. The number of anilines is 1. The van der Waals surface area contributed by atoms with E-state index in [0.29, 0.717) is 11.6 Å². The largest absolute Gasteiger partial charge is 0.573 e. The molecule has 0 radical (unpaired) electrons. The van der Waals surface area contributed by atoms with Crippen molar-refractivity contribution in [2.24, 2.45) is 0 Å². The van der Waals surface area contributed by atoms with Crippen LogP contribution in [0.2, 0.25) is 0 Å². The summed E-state index contributed by atoms with van der Waals surface area (Å²) >= 11 is 0. The van der Waals surface area contributed by atoms with Crippen LogP contribution in [0.25, 0.3) is 0 Å². The molecule has 0 fully saturated rings. The second kappa shape index (κ2) is 6.55. The Morgan fingerprint density at radius 2 is 1.86 bits per heavy atom. The number of ether oxygens (including phenoxy) is 2. The van der Waals surface area contributed by atoms with Crippen LogP contribution < -0.4 is 14.8 Å². The van der Waals surface area contributed by atoms with E-state index in [1.807, 2.05) is 0 Å². The van der Waals surface area contributed by atoms with E-state index < -0.39 is 6.36 Å². The van der Waals surface area contributed by atoms with Gasteiger partial charge in [-0.3, -0.25) is 0 Å². The summed E-state index contributed by atoms with van der Waals surface area (Å²) in [6.45, 7) is 1.70. The maximum absolute atomic E-state index is 12.5. The average Bonchev–Trinajstić information content (AvgIpc) is 2.44. The fraction of sp³-hybridized carbons (Fsp3) is 0.267. The fourth-order valence-corrected chi connectivity index (χ4v) is 1.91. The van der Waals surface area contributed by atoms with Crippen LogP contribution in [-0.4, -0.2) is 18.4 Å². The third kappa shape index (κ3) is 4.28. The Labute approximate surface area is 125 Å². The summed E-state index contributed by atoms with van der Waals surface area (Å²) in [6.07, 6.45) is -4.76.